The van der Waals surface area contributed by atoms with E-state index in [0.717, 1.165) is 23.1 Å². The lowest BCUT2D eigenvalue weighted by atomic mass is 10.2. The maximum absolute atomic E-state index is 12.9. The molecule has 0 aliphatic heterocycles. The molecule has 2 aromatic carbocycles. The lowest BCUT2D eigenvalue weighted by Crippen LogP contribution is -2.28. The SMILES string of the molecule is O=S(=O)(NCCSc1ccccc1)c1ccccc1C(F)(F)F. The highest BCUT2D eigenvalue weighted by Crippen LogP contribution is 2.33. The van der Waals surface area contributed by atoms with Crippen LogP contribution in [-0.2, 0) is 16.2 Å². The number of halogens is 3. The van der Waals surface area contributed by atoms with Gasteiger partial charge in [0, 0.05) is 17.2 Å². The molecular formula is C15H14F3NO2S2. The third kappa shape index (κ3) is 4.98. The Kier molecular flexibility index (Phi) is 5.72. The number of rotatable bonds is 6. The quantitative estimate of drug-likeness (QED) is 0.629. The van der Waals surface area contributed by atoms with E-state index >= 15 is 0 Å². The number of thioether (sulfide) groups is 1. The Morgan fingerprint density at radius 2 is 1.57 bits per heavy atom. The molecule has 8 heteroatoms. The lowest BCUT2D eigenvalue weighted by Gasteiger charge is -2.13. The number of alkyl halides is 3. The zero-order valence-electron chi connectivity index (χ0n) is 11.9. The van der Waals surface area contributed by atoms with Gasteiger partial charge in [0.05, 0.1) is 10.5 Å². The van der Waals surface area contributed by atoms with Crippen molar-refractivity contribution in [3.8, 4) is 0 Å². The molecule has 2 aromatic rings. The van der Waals surface area contributed by atoms with E-state index in [1.807, 2.05) is 30.3 Å². The molecule has 0 amide bonds. The van der Waals surface area contributed by atoms with E-state index in [2.05, 4.69) is 4.72 Å². The number of nitrogens with one attached hydrogen (secondary N) is 1. The molecule has 0 saturated heterocycles. The minimum absolute atomic E-state index is 0.0358. The number of hydrogen-bond acceptors (Lipinski definition) is 3. The normalized spacial score (nSPS) is 12.3. The van der Waals surface area contributed by atoms with E-state index in [9.17, 15) is 21.6 Å². The fourth-order valence-corrected chi connectivity index (χ4v) is 4.05. The molecule has 23 heavy (non-hydrogen) atoms. The van der Waals surface area contributed by atoms with Crippen LogP contribution in [0.25, 0.3) is 0 Å². The minimum atomic E-state index is -4.72. The molecule has 0 heterocycles. The van der Waals surface area contributed by atoms with Crippen LogP contribution in [0.1, 0.15) is 5.56 Å². The van der Waals surface area contributed by atoms with Crippen molar-refractivity contribution in [1.29, 1.82) is 0 Å². The van der Waals surface area contributed by atoms with Crippen LogP contribution in [0.15, 0.2) is 64.4 Å². The van der Waals surface area contributed by atoms with E-state index in [1.165, 1.54) is 17.8 Å². The summed E-state index contributed by atoms with van der Waals surface area (Å²) in [6, 6.07) is 13.5. The average Bonchev–Trinajstić information content (AvgIpc) is 2.52. The Bertz CT molecular complexity index is 747. The van der Waals surface area contributed by atoms with E-state index < -0.39 is 26.7 Å². The molecule has 3 nitrogen and oxygen atoms in total. The average molecular weight is 361 g/mol. The van der Waals surface area contributed by atoms with Crippen molar-refractivity contribution < 1.29 is 21.6 Å². The molecule has 0 aliphatic rings. The first-order valence-corrected chi connectivity index (χ1v) is 9.11. The molecule has 0 saturated carbocycles. The van der Waals surface area contributed by atoms with Crippen LogP contribution in [0, 0.1) is 0 Å². The zero-order chi connectivity index (χ0) is 16.9. The number of hydrogen-bond donors (Lipinski definition) is 1. The topological polar surface area (TPSA) is 46.2 Å². The Labute approximate surface area is 137 Å². The van der Waals surface area contributed by atoms with Gasteiger partial charge in [-0.05, 0) is 24.3 Å². The Morgan fingerprint density at radius 3 is 2.22 bits per heavy atom. The fourth-order valence-electron chi connectivity index (χ4n) is 1.87. The molecular weight excluding hydrogens is 347 g/mol. The standard InChI is InChI=1S/C15H14F3NO2S2/c16-15(17,18)13-8-4-5-9-14(13)23(20,21)19-10-11-22-12-6-2-1-3-7-12/h1-9,19H,10-11H2. The van der Waals surface area contributed by atoms with Crippen molar-refractivity contribution in [3.63, 3.8) is 0 Å². The van der Waals surface area contributed by atoms with Gasteiger partial charge in [-0.25, -0.2) is 13.1 Å². The largest absolute Gasteiger partial charge is 0.417 e. The van der Waals surface area contributed by atoms with Gasteiger partial charge < -0.3 is 0 Å². The van der Waals surface area contributed by atoms with Crippen molar-refractivity contribution in [1.82, 2.24) is 4.72 Å². The Balaban J connectivity index is 2.03. The second kappa shape index (κ2) is 7.37. The van der Waals surface area contributed by atoms with Crippen LogP contribution in [0.5, 0.6) is 0 Å². The first-order chi connectivity index (χ1) is 10.8. The molecule has 0 aromatic heterocycles. The first-order valence-electron chi connectivity index (χ1n) is 6.64. The molecule has 1 N–H and O–H groups in total. The molecule has 0 unspecified atom stereocenters. The monoisotopic (exact) mass is 361 g/mol. The van der Waals surface area contributed by atoms with Gasteiger partial charge in [-0.2, -0.15) is 13.2 Å². The summed E-state index contributed by atoms with van der Waals surface area (Å²) in [5.41, 5.74) is -1.16. The number of benzene rings is 2. The third-order valence-electron chi connectivity index (χ3n) is 2.89. The molecule has 0 aliphatic carbocycles. The summed E-state index contributed by atoms with van der Waals surface area (Å²) in [5.74, 6) is 0.414. The lowest BCUT2D eigenvalue weighted by molar-refractivity contribution is -0.139. The van der Waals surface area contributed by atoms with Crippen molar-refractivity contribution in [3.05, 3.63) is 60.2 Å². The highest BCUT2D eigenvalue weighted by molar-refractivity contribution is 7.99. The predicted octanol–water partition coefficient (Wildman–Crippen LogP) is 3.78. The molecule has 0 fully saturated rings. The van der Waals surface area contributed by atoms with Crippen molar-refractivity contribution in [2.24, 2.45) is 0 Å². The maximum Gasteiger partial charge on any atom is 0.417 e. The van der Waals surface area contributed by atoms with Gasteiger partial charge in [0.2, 0.25) is 10.0 Å². The summed E-state index contributed by atoms with van der Waals surface area (Å²) in [5, 5.41) is 0. The van der Waals surface area contributed by atoms with E-state index in [0.29, 0.717) is 5.75 Å². The Morgan fingerprint density at radius 1 is 0.957 bits per heavy atom. The zero-order valence-corrected chi connectivity index (χ0v) is 13.5. The highest BCUT2D eigenvalue weighted by atomic mass is 32.2. The van der Waals surface area contributed by atoms with Crippen molar-refractivity contribution >= 4 is 21.8 Å². The summed E-state index contributed by atoms with van der Waals surface area (Å²) < 4.78 is 65.1. The van der Waals surface area contributed by atoms with Crippen LogP contribution in [0.4, 0.5) is 13.2 Å². The van der Waals surface area contributed by atoms with E-state index in [4.69, 9.17) is 0 Å². The summed E-state index contributed by atoms with van der Waals surface area (Å²) in [7, 11) is -4.21. The smallest absolute Gasteiger partial charge is 0.210 e. The van der Waals surface area contributed by atoms with E-state index in [1.54, 1.807) is 0 Å². The second-order valence-electron chi connectivity index (χ2n) is 4.55. The first kappa shape index (κ1) is 17.8. The third-order valence-corrected chi connectivity index (χ3v) is 5.42. The van der Waals surface area contributed by atoms with Gasteiger partial charge in [-0.3, -0.25) is 0 Å². The molecule has 124 valence electrons. The van der Waals surface area contributed by atoms with Gasteiger partial charge in [0.15, 0.2) is 0 Å². The van der Waals surface area contributed by atoms with E-state index in [-0.39, 0.29) is 6.54 Å². The van der Waals surface area contributed by atoms with Gasteiger partial charge in [-0.1, -0.05) is 30.3 Å². The second-order valence-corrected chi connectivity index (χ2v) is 7.46. The van der Waals surface area contributed by atoms with Crippen LogP contribution in [0.3, 0.4) is 0 Å². The minimum Gasteiger partial charge on any atom is -0.210 e. The van der Waals surface area contributed by atoms with Gasteiger partial charge in [0.25, 0.3) is 0 Å². The predicted molar refractivity (Wildman–Crippen MR) is 83.8 cm³/mol. The molecule has 0 spiro atoms. The van der Waals surface area contributed by atoms with Crippen LogP contribution < -0.4 is 4.72 Å². The fraction of sp³-hybridized carbons (Fsp3) is 0.200. The highest BCUT2D eigenvalue weighted by Gasteiger charge is 2.36. The molecule has 0 radical (unpaired) electrons. The molecule has 0 bridgehead atoms. The van der Waals surface area contributed by atoms with Gasteiger partial charge in [0.1, 0.15) is 0 Å². The summed E-state index contributed by atoms with van der Waals surface area (Å²) in [4.78, 5) is 0.208. The molecule has 2 rings (SSSR count). The molecule has 0 atom stereocenters. The van der Waals surface area contributed by atoms with Crippen LogP contribution in [0.2, 0.25) is 0 Å². The van der Waals surface area contributed by atoms with Crippen LogP contribution in [-0.4, -0.2) is 20.7 Å². The Hall–Kier alpha value is -1.51. The van der Waals surface area contributed by atoms with Crippen LogP contribution >= 0.6 is 11.8 Å². The number of sulfonamides is 1. The summed E-state index contributed by atoms with van der Waals surface area (Å²) in [6.45, 7) is 0.0358. The van der Waals surface area contributed by atoms with Gasteiger partial charge in [-0.15, -0.1) is 11.8 Å². The van der Waals surface area contributed by atoms with Crippen molar-refractivity contribution in [2.75, 3.05) is 12.3 Å². The maximum atomic E-state index is 12.9. The van der Waals surface area contributed by atoms with Crippen molar-refractivity contribution in [2.45, 2.75) is 16.0 Å². The van der Waals surface area contributed by atoms with Gasteiger partial charge >= 0.3 is 6.18 Å². The summed E-state index contributed by atoms with van der Waals surface area (Å²) in [6.07, 6.45) is -4.72. The summed E-state index contributed by atoms with van der Waals surface area (Å²) >= 11 is 1.42.